The molecule has 0 saturated carbocycles. The first-order valence-electron chi connectivity index (χ1n) is 2.45. The van der Waals surface area contributed by atoms with Crippen LogP contribution in [0.1, 0.15) is 0 Å². The first kappa shape index (κ1) is 8.26. The molecule has 4 heteroatoms. The zero-order valence-corrected chi connectivity index (χ0v) is 8.48. The predicted octanol–water partition coefficient (Wildman–Crippen LogP) is 2.90. The van der Waals surface area contributed by atoms with Crippen molar-refractivity contribution in [3.8, 4) is 5.75 Å². The lowest BCUT2D eigenvalue weighted by molar-refractivity contribution is 0.463. The van der Waals surface area contributed by atoms with Crippen molar-refractivity contribution in [3.05, 3.63) is 26.0 Å². The Labute approximate surface area is 79.5 Å². The van der Waals surface area contributed by atoms with Crippen LogP contribution in [0.5, 0.6) is 5.75 Å². The third kappa shape index (κ3) is 1.60. The lowest BCUT2D eigenvalue weighted by Gasteiger charge is -1.97. The lowest BCUT2D eigenvalue weighted by Crippen LogP contribution is -1.81. The van der Waals surface area contributed by atoms with Gasteiger partial charge < -0.3 is 5.11 Å². The van der Waals surface area contributed by atoms with Crippen molar-refractivity contribution in [1.82, 2.24) is 0 Å². The van der Waals surface area contributed by atoms with Crippen molar-refractivity contribution in [2.24, 2.45) is 0 Å². The molecule has 54 valence electrons. The van der Waals surface area contributed by atoms with Gasteiger partial charge >= 0.3 is 0 Å². The average molecular weight is 317 g/mol. The summed E-state index contributed by atoms with van der Waals surface area (Å²) in [4.78, 5) is 0. The Balaban J connectivity index is 3.31. The Morgan fingerprint density at radius 1 is 1.50 bits per heavy atom. The third-order valence-electron chi connectivity index (χ3n) is 0.974. The average Bonchev–Trinajstić information content (AvgIpc) is 1.82. The minimum absolute atomic E-state index is 0.0347. The van der Waals surface area contributed by atoms with Crippen LogP contribution in [0.15, 0.2) is 16.6 Å². The molecule has 0 atom stereocenters. The fraction of sp³-hybridized carbons (Fsp3) is 0. The number of phenols is 1. The SMILES string of the molecule is Oc1cc(Br)cc(F)c1I. The molecule has 1 aromatic carbocycles. The molecular weight excluding hydrogens is 314 g/mol. The molecule has 1 aromatic rings. The number of benzene rings is 1. The summed E-state index contributed by atoms with van der Waals surface area (Å²) in [6.07, 6.45) is 0. The molecule has 0 unspecified atom stereocenters. The molecule has 1 rings (SSSR count). The van der Waals surface area contributed by atoms with Gasteiger partial charge in [-0.05, 0) is 34.7 Å². The third-order valence-corrected chi connectivity index (χ3v) is 2.50. The van der Waals surface area contributed by atoms with Gasteiger partial charge in [-0.15, -0.1) is 0 Å². The van der Waals surface area contributed by atoms with E-state index in [1.54, 1.807) is 22.6 Å². The predicted molar refractivity (Wildman–Crippen MR) is 48.5 cm³/mol. The van der Waals surface area contributed by atoms with Gasteiger partial charge in [0.05, 0.1) is 3.57 Å². The first-order chi connectivity index (χ1) is 4.61. The van der Waals surface area contributed by atoms with Gasteiger partial charge in [-0.25, -0.2) is 4.39 Å². The van der Waals surface area contributed by atoms with Crippen molar-refractivity contribution in [1.29, 1.82) is 0 Å². The molecule has 0 radical (unpaired) electrons. The molecule has 10 heavy (non-hydrogen) atoms. The van der Waals surface area contributed by atoms with Gasteiger partial charge in [-0.3, -0.25) is 0 Å². The maximum absolute atomic E-state index is 12.6. The number of hydrogen-bond donors (Lipinski definition) is 1. The highest BCUT2D eigenvalue weighted by Crippen LogP contribution is 2.26. The monoisotopic (exact) mass is 316 g/mol. The highest BCUT2D eigenvalue weighted by atomic mass is 127. The topological polar surface area (TPSA) is 20.2 Å². The lowest BCUT2D eigenvalue weighted by atomic mass is 10.3. The van der Waals surface area contributed by atoms with Crippen LogP contribution in [-0.4, -0.2) is 5.11 Å². The van der Waals surface area contributed by atoms with E-state index in [-0.39, 0.29) is 9.32 Å². The van der Waals surface area contributed by atoms with Crippen molar-refractivity contribution in [3.63, 3.8) is 0 Å². The van der Waals surface area contributed by atoms with E-state index >= 15 is 0 Å². The number of phenolic OH excluding ortho intramolecular Hbond substituents is 1. The minimum atomic E-state index is -0.410. The quantitative estimate of drug-likeness (QED) is 0.576. The summed E-state index contributed by atoms with van der Waals surface area (Å²) < 4.78 is 13.4. The van der Waals surface area contributed by atoms with Crippen molar-refractivity contribution in [2.75, 3.05) is 0 Å². The van der Waals surface area contributed by atoms with Crippen molar-refractivity contribution >= 4 is 38.5 Å². The zero-order chi connectivity index (χ0) is 7.72. The first-order valence-corrected chi connectivity index (χ1v) is 4.32. The zero-order valence-electron chi connectivity index (χ0n) is 4.74. The Hall–Kier alpha value is 0.160. The molecule has 0 saturated heterocycles. The van der Waals surface area contributed by atoms with Crippen LogP contribution in [-0.2, 0) is 0 Å². The molecule has 1 N–H and O–H groups in total. The van der Waals surface area contributed by atoms with Gasteiger partial charge in [-0.1, -0.05) is 15.9 Å². The molecule has 0 aliphatic heterocycles. The van der Waals surface area contributed by atoms with E-state index in [4.69, 9.17) is 5.11 Å². The normalized spacial score (nSPS) is 9.90. The highest BCUT2D eigenvalue weighted by Gasteiger charge is 2.04. The minimum Gasteiger partial charge on any atom is -0.507 e. The summed E-state index contributed by atoms with van der Waals surface area (Å²) in [6, 6.07) is 2.76. The van der Waals surface area contributed by atoms with E-state index in [0.29, 0.717) is 4.47 Å². The maximum atomic E-state index is 12.6. The number of rotatable bonds is 0. The van der Waals surface area contributed by atoms with Gasteiger partial charge in [0.1, 0.15) is 11.6 Å². The van der Waals surface area contributed by atoms with Gasteiger partial charge in [0.2, 0.25) is 0 Å². The summed E-state index contributed by atoms with van der Waals surface area (Å²) in [5.41, 5.74) is 0. The fourth-order valence-electron chi connectivity index (χ4n) is 0.542. The van der Waals surface area contributed by atoms with Crippen LogP contribution >= 0.6 is 38.5 Å². The van der Waals surface area contributed by atoms with Crippen molar-refractivity contribution in [2.45, 2.75) is 0 Å². The van der Waals surface area contributed by atoms with E-state index in [1.807, 2.05) is 0 Å². The Kier molecular flexibility index (Phi) is 2.51. The molecule has 0 spiro atoms. The van der Waals surface area contributed by atoms with Gasteiger partial charge in [0.15, 0.2) is 0 Å². The summed E-state index contributed by atoms with van der Waals surface area (Å²) in [6.45, 7) is 0. The van der Waals surface area contributed by atoms with Crippen LogP contribution in [0, 0.1) is 9.39 Å². The highest BCUT2D eigenvalue weighted by molar-refractivity contribution is 14.1. The van der Waals surface area contributed by atoms with Gasteiger partial charge in [0.25, 0.3) is 0 Å². The fourth-order valence-corrected chi connectivity index (χ4v) is 1.27. The van der Waals surface area contributed by atoms with Crippen LogP contribution in [0.25, 0.3) is 0 Å². The molecular formula is C6H3BrFIO. The van der Waals surface area contributed by atoms with Crippen LogP contribution in [0.2, 0.25) is 0 Å². The smallest absolute Gasteiger partial charge is 0.141 e. The Bertz CT molecular complexity index is 241. The van der Waals surface area contributed by atoms with E-state index in [9.17, 15) is 4.39 Å². The van der Waals surface area contributed by atoms with E-state index in [0.717, 1.165) is 0 Å². The van der Waals surface area contributed by atoms with Gasteiger partial charge in [0, 0.05) is 4.47 Å². The van der Waals surface area contributed by atoms with E-state index < -0.39 is 5.82 Å². The molecule has 0 bridgehead atoms. The molecule has 1 nitrogen and oxygen atoms in total. The van der Waals surface area contributed by atoms with E-state index in [1.165, 1.54) is 12.1 Å². The Morgan fingerprint density at radius 3 is 2.60 bits per heavy atom. The second-order valence-electron chi connectivity index (χ2n) is 1.72. The molecule has 0 aliphatic rings. The second kappa shape index (κ2) is 3.04. The van der Waals surface area contributed by atoms with Crippen LogP contribution < -0.4 is 0 Å². The summed E-state index contributed by atoms with van der Waals surface area (Å²) >= 11 is 4.78. The summed E-state index contributed by atoms with van der Waals surface area (Å²) in [7, 11) is 0. The maximum Gasteiger partial charge on any atom is 0.141 e. The largest absolute Gasteiger partial charge is 0.507 e. The van der Waals surface area contributed by atoms with Crippen LogP contribution in [0.3, 0.4) is 0 Å². The molecule has 0 fully saturated rings. The number of aromatic hydroxyl groups is 1. The standard InChI is InChI=1S/C6H3BrFIO/c7-3-1-4(8)6(9)5(10)2-3/h1-2,10H. The number of hydrogen-bond acceptors (Lipinski definition) is 1. The molecule has 0 aromatic heterocycles. The van der Waals surface area contributed by atoms with Crippen LogP contribution in [0.4, 0.5) is 4.39 Å². The van der Waals surface area contributed by atoms with Crippen molar-refractivity contribution < 1.29 is 9.50 Å². The van der Waals surface area contributed by atoms with Gasteiger partial charge in [-0.2, -0.15) is 0 Å². The molecule has 0 heterocycles. The van der Waals surface area contributed by atoms with E-state index in [2.05, 4.69) is 15.9 Å². The molecule has 0 amide bonds. The summed E-state index contributed by atoms with van der Waals surface area (Å²) in [5, 5.41) is 9.00. The second-order valence-corrected chi connectivity index (χ2v) is 3.72. The Morgan fingerprint density at radius 2 is 2.10 bits per heavy atom. The molecule has 0 aliphatic carbocycles. The number of halogens is 3. The summed E-state index contributed by atoms with van der Waals surface area (Å²) in [5.74, 6) is -0.444.